The molecule has 0 atom stereocenters. The van der Waals surface area contributed by atoms with Crippen LogP contribution in [0, 0.1) is 5.41 Å². The van der Waals surface area contributed by atoms with Crippen molar-refractivity contribution < 1.29 is 4.74 Å². The van der Waals surface area contributed by atoms with Gasteiger partial charge >= 0.3 is 0 Å². The van der Waals surface area contributed by atoms with Gasteiger partial charge in [-0.05, 0) is 13.3 Å². The molecule has 0 saturated carbocycles. The lowest BCUT2D eigenvalue weighted by atomic mass is 10.1. The molecule has 0 aromatic heterocycles. The molecule has 0 aromatic rings. The van der Waals surface area contributed by atoms with Crippen LogP contribution in [0.2, 0.25) is 0 Å². The fourth-order valence-corrected chi connectivity index (χ4v) is 1.67. The van der Waals surface area contributed by atoms with E-state index in [1.807, 2.05) is 6.92 Å². The molecule has 0 aliphatic carbocycles. The number of ether oxygens (including phenoxy) is 1. The first-order chi connectivity index (χ1) is 7.31. The molecule has 0 amide bonds. The average Bonchev–Trinajstić information content (AvgIpc) is 2.22. The van der Waals surface area contributed by atoms with E-state index in [4.69, 9.17) is 10.1 Å². The predicted octanol–water partition coefficient (Wildman–Crippen LogP) is 4.53. The standard InChI is InChI=1S/C13H27NO/c1-3-5-6-7-8-9-10-11-12-13(14)15-4-2/h14H,3-12H2,1-2H3. The molecule has 90 valence electrons. The van der Waals surface area contributed by atoms with E-state index in [0.29, 0.717) is 12.5 Å². The largest absolute Gasteiger partial charge is 0.481 e. The van der Waals surface area contributed by atoms with E-state index in [1.165, 1.54) is 44.9 Å². The van der Waals surface area contributed by atoms with Crippen LogP contribution < -0.4 is 0 Å². The van der Waals surface area contributed by atoms with Crippen molar-refractivity contribution in [3.63, 3.8) is 0 Å². The summed E-state index contributed by atoms with van der Waals surface area (Å²) in [7, 11) is 0. The zero-order chi connectivity index (χ0) is 11.4. The van der Waals surface area contributed by atoms with Gasteiger partial charge in [-0.1, -0.05) is 51.9 Å². The third-order valence-corrected chi connectivity index (χ3v) is 2.58. The second-order valence-corrected chi connectivity index (χ2v) is 4.08. The molecule has 2 heteroatoms. The van der Waals surface area contributed by atoms with Crippen molar-refractivity contribution in [3.8, 4) is 0 Å². The van der Waals surface area contributed by atoms with Crippen molar-refractivity contribution in [2.45, 2.75) is 71.6 Å². The summed E-state index contributed by atoms with van der Waals surface area (Å²) in [6.07, 6.45) is 11.4. The van der Waals surface area contributed by atoms with Crippen molar-refractivity contribution in [3.05, 3.63) is 0 Å². The van der Waals surface area contributed by atoms with Crippen LogP contribution in [0.15, 0.2) is 0 Å². The maximum atomic E-state index is 7.44. The van der Waals surface area contributed by atoms with E-state index in [2.05, 4.69) is 6.92 Å². The highest BCUT2D eigenvalue weighted by molar-refractivity contribution is 5.72. The Morgan fingerprint density at radius 3 is 1.93 bits per heavy atom. The summed E-state index contributed by atoms with van der Waals surface area (Å²) in [6.45, 7) is 4.82. The lowest BCUT2D eigenvalue weighted by molar-refractivity contribution is 0.312. The van der Waals surface area contributed by atoms with Crippen LogP contribution in [-0.2, 0) is 4.74 Å². The quantitative estimate of drug-likeness (QED) is 0.323. The van der Waals surface area contributed by atoms with E-state index in [1.54, 1.807) is 0 Å². The van der Waals surface area contributed by atoms with Gasteiger partial charge in [0.15, 0.2) is 5.90 Å². The SMILES string of the molecule is CCCCCCCCCCC(=N)OCC. The molecule has 0 bridgehead atoms. The van der Waals surface area contributed by atoms with E-state index >= 15 is 0 Å². The lowest BCUT2D eigenvalue weighted by Crippen LogP contribution is -2.02. The predicted molar refractivity (Wildman–Crippen MR) is 66.6 cm³/mol. The Morgan fingerprint density at radius 2 is 1.40 bits per heavy atom. The van der Waals surface area contributed by atoms with Crippen LogP contribution in [0.3, 0.4) is 0 Å². The first-order valence-corrected chi connectivity index (χ1v) is 6.51. The number of hydrogen-bond donors (Lipinski definition) is 1. The van der Waals surface area contributed by atoms with Crippen LogP contribution in [0.25, 0.3) is 0 Å². The third-order valence-electron chi connectivity index (χ3n) is 2.58. The van der Waals surface area contributed by atoms with Crippen LogP contribution >= 0.6 is 0 Å². The first-order valence-electron chi connectivity index (χ1n) is 6.51. The Balaban J connectivity index is 3.01. The zero-order valence-corrected chi connectivity index (χ0v) is 10.5. The fraction of sp³-hybridized carbons (Fsp3) is 0.923. The van der Waals surface area contributed by atoms with E-state index in [9.17, 15) is 0 Å². The molecule has 0 rings (SSSR count). The molecular formula is C13H27NO. The summed E-state index contributed by atoms with van der Waals surface area (Å²) in [5.74, 6) is 0.462. The molecule has 0 spiro atoms. The van der Waals surface area contributed by atoms with E-state index < -0.39 is 0 Å². The average molecular weight is 213 g/mol. The van der Waals surface area contributed by atoms with Crippen LogP contribution in [-0.4, -0.2) is 12.5 Å². The maximum Gasteiger partial charge on any atom is 0.180 e. The number of nitrogens with one attached hydrogen (secondary N) is 1. The summed E-state index contributed by atoms with van der Waals surface area (Å²) in [6, 6.07) is 0. The minimum atomic E-state index is 0.462. The van der Waals surface area contributed by atoms with E-state index in [-0.39, 0.29) is 0 Å². The summed E-state index contributed by atoms with van der Waals surface area (Å²) < 4.78 is 5.08. The normalized spacial score (nSPS) is 10.3. The van der Waals surface area contributed by atoms with Gasteiger partial charge in [0.05, 0.1) is 6.61 Å². The van der Waals surface area contributed by atoms with Gasteiger partial charge in [0.25, 0.3) is 0 Å². The van der Waals surface area contributed by atoms with Gasteiger partial charge < -0.3 is 4.74 Å². The Morgan fingerprint density at radius 1 is 0.867 bits per heavy atom. The van der Waals surface area contributed by atoms with Gasteiger partial charge in [-0.15, -0.1) is 0 Å². The molecule has 0 saturated heterocycles. The van der Waals surface area contributed by atoms with Crippen LogP contribution in [0.4, 0.5) is 0 Å². The van der Waals surface area contributed by atoms with Crippen molar-refractivity contribution in [1.82, 2.24) is 0 Å². The maximum absolute atomic E-state index is 7.44. The van der Waals surface area contributed by atoms with Crippen molar-refractivity contribution in [2.75, 3.05) is 6.61 Å². The second kappa shape index (κ2) is 11.5. The van der Waals surface area contributed by atoms with Gasteiger partial charge in [0.1, 0.15) is 0 Å². The summed E-state index contributed by atoms with van der Waals surface area (Å²) in [5.41, 5.74) is 0. The van der Waals surface area contributed by atoms with E-state index in [0.717, 1.165) is 12.8 Å². The Labute approximate surface area is 94.9 Å². The van der Waals surface area contributed by atoms with Gasteiger partial charge in [-0.2, -0.15) is 0 Å². The molecule has 15 heavy (non-hydrogen) atoms. The third kappa shape index (κ3) is 11.4. The number of unbranched alkanes of at least 4 members (excludes halogenated alkanes) is 7. The van der Waals surface area contributed by atoms with Crippen LogP contribution in [0.1, 0.15) is 71.6 Å². The molecule has 2 nitrogen and oxygen atoms in total. The molecule has 0 aliphatic heterocycles. The van der Waals surface area contributed by atoms with Gasteiger partial charge in [-0.25, -0.2) is 0 Å². The molecule has 0 unspecified atom stereocenters. The Bertz CT molecular complexity index is 145. The zero-order valence-electron chi connectivity index (χ0n) is 10.5. The van der Waals surface area contributed by atoms with Crippen molar-refractivity contribution in [2.24, 2.45) is 0 Å². The van der Waals surface area contributed by atoms with Gasteiger partial charge in [0, 0.05) is 6.42 Å². The molecule has 0 aliphatic rings. The van der Waals surface area contributed by atoms with Gasteiger partial charge in [-0.3, -0.25) is 5.41 Å². The van der Waals surface area contributed by atoms with Crippen LogP contribution in [0.5, 0.6) is 0 Å². The number of rotatable bonds is 10. The second-order valence-electron chi connectivity index (χ2n) is 4.08. The molecule has 0 heterocycles. The molecular weight excluding hydrogens is 186 g/mol. The summed E-state index contributed by atoms with van der Waals surface area (Å²) in [5, 5.41) is 7.44. The highest BCUT2D eigenvalue weighted by Crippen LogP contribution is 2.09. The van der Waals surface area contributed by atoms with Crippen molar-refractivity contribution in [1.29, 1.82) is 5.41 Å². The number of hydrogen-bond acceptors (Lipinski definition) is 2. The highest BCUT2D eigenvalue weighted by atomic mass is 16.5. The summed E-state index contributed by atoms with van der Waals surface area (Å²) >= 11 is 0. The summed E-state index contributed by atoms with van der Waals surface area (Å²) in [4.78, 5) is 0. The smallest absolute Gasteiger partial charge is 0.180 e. The highest BCUT2D eigenvalue weighted by Gasteiger charge is 1.96. The first kappa shape index (κ1) is 14.5. The minimum absolute atomic E-state index is 0.462. The monoisotopic (exact) mass is 213 g/mol. The fourth-order valence-electron chi connectivity index (χ4n) is 1.67. The lowest BCUT2D eigenvalue weighted by Gasteiger charge is -2.04. The van der Waals surface area contributed by atoms with Gasteiger partial charge in [0.2, 0.25) is 0 Å². The minimum Gasteiger partial charge on any atom is -0.481 e. The molecule has 1 N–H and O–H groups in total. The topological polar surface area (TPSA) is 33.1 Å². The molecule has 0 radical (unpaired) electrons. The Hall–Kier alpha value is -0.530. The molecule has 0 aromatic carbocycles. The van der Waals surface area contributed by atoms with Crippen molar-refractivity contribution >= 4 is 5.90 Å². The Kier molecular flexibility index (Phi) is 11.1. The molecule has 0 fully saturated rings.